The lowest BCUT2D eigenvalue weighted by atomic mass is 9.40. The lowest BCUT2D eigenvalue weighted by Crippen LogP contribution is -2.59. The smallest absolute Gasteiger partial charge is 0.302 e. The summed E-state index contributed by atoms with van der Waals surface area (Å²) in [7, 11) is 3.12. The first-order valence-electron chi connectivity index (χ1n) is 17.0. The van der Waals surface area contributed by atoms with Crippen molar-refractivity contribution in [2.75, 3.05) is 14.2 Å². The summed E-state index contributed by atoms with van der Waals surface area (Å²) in [5.41, 5.74) is 4.95. The molecule has 4 aliphatic carbocycles. The van der Waals surface area contributed by atoms with Crippen molar-refractivity contribution in [2.24, 2.45) is 23.2 Å². The number of carbonyl (C=O) groups excluding carboxylic acids is 2. The number of esters is 2. The summed E-state index contributed by atoms with van der Waals surface area (Å²) in [6.45, 7) is 2.88. The number of aromatic hydroxyl groups is 2. The first kappa shape index (κ1) is 32.1. The highest BCUT2D eigenvalue weighted by atomic mass is 16.6. The molecule has 2 N–H and O–H groups in total. The Kier molecular flexibility index (Phi) is 8.38. The molecule has 2 fully saturated rings. The number of allylic oxidation sites excluding steroid dienone is 1. The predicted octanol–water partition coefficient (Wildman–Crippen LogP) is 7.09. The van der Waals surface area contributed by atoms with Gasteiger partial charge in [-0.15, -0.1) is 0 Å². The molecule has 252 valence electrons. The van der Waals surface area contributed by atoms with Crippen LogP contribution in [0.5, 0.6) is 23.0 Å². The van der Waals surface area contributed by atoms with E-state index in [1.54, 1.807) is 14.2 Å². The van der Waals surface area contributed by atoms with Gasteiger partial charge in [0.15, 0.2) is 23.0 Å². The molecule has 4 aliphatic rings. The van der Waals surface area contributed by atoms with Gasteiger partial charge in [0.25, 0.3) is 0 Å². The van der Waals surface area contributed by atoms with Crippen LogP contribution in [0.3, 0.4) is 0 Å². The summed E-state index contributed by atoms with van der Waals surface area (Å²) < 4.78 is 23.5. The van der Waals surface area contributed by atoms with Crippen LogP contribution in [-0.2, 0) is 31.9 Å². The molecule has 0 amide bonds. The molecule has 0 aliphatic heterocycles. The van der Waals surface area contributed by atoms with Crippen LogP contribution in [0.4, 0.5) is 0 Å². The van der Waals surface area contributed by atoms with Gasteiger partial charge in [-0.3, -0.25) is 9.59 Å². The fourth-order valence-electron chi connectivity index (χ4n) is 10.1. The minimum absolute atomic E-state index is 0.00987. The number of phenols is 2. The van der Waals surface area contributed by atoms with E-state index in [0.717, 1.165) is 47.1 Å². The molecule has 0 saturated heterocycles. The number of carbonyl (C=O) groups is 2. The largest absolute Gasteiger partial charge is 0.504 e. The van der Waals surface area contributed by atoms with Crippen LogP contribution in [0.25, 0.3) is 6.08 Å². The zero-order valence-corrected chi connectivity index (χ0v) is 28.0. The molecule has 3 aromatic carbocycles. The van der Waals surface area contributed by atoms with E-state index >= 15 is 0 Å². The Hall–Kier alpha value is -4.46. The first-order chi connectivity index (χ1) is 23.1. The molecule has 8 heteroatoms. The summed E-state index contributed by atoms with van der Waals surface area (Å²) in [6, 6.07) is 17.9. The third kappa shape index (κ3) is 5.39. The highest BCUT2D eigenvalue weighted by Gasteiger charge is 2.63. The Morgan fingerprint density at radius 1 is 0.812 bits per heavy atom. The molecule has 0 heterocycles. The maximum absolute atomic E-state index is 12.9. The first-order valence-corrected chi connectivity index (χ1v) is 17.0. The van der Waals surface area contributed by atoms with Crippen LogP contribution in [0.1, 0.15) is 79.2 Å². The van der Waals surface area contributed by atoms with Gasteiger partial charge >= 0.3 is 11.9 Å². The van der Waals surface area contributed by atoms with E-state index in [1.807, 2.05) is 42.5 Å². The average molecular weight is 653 g/mol. The van der Waals surface area contributed by atoms with E-state index < -0.39 is 17.6 Å². The summed E-state index contributed by atoms with van der Waals surface area (Å²) in [6.07, 6.45) is 7.69. The van der Waals surface area contributed by atoms with E-state index in [4.69, 9.17) is 18.9 Å². The quantitative estimate of drug-likeness (QED) is 0.272. The molecule has 0 aromatic heterocycles. The Balaban J connectivity index is 1.52. The summed E-state index contributed by atoms with van der Waals surface area (Å²) >= 11 is 0. The molecular weight excluding hydrogens is 608 g/mol. The van der Waals surface area contributed by atoms with Gasteiger partial charge in [-0.25, -0.2) is 0 Å². The topological polar surface area (TPSA) is 112 Å². The van der Waals surface area contributed by atoms with Crippen molar-refractivity contribution in [3.63, 3.8) is 0 Å². The van der Waals surface area contributed by atoms with Crippen LogP contribution >= 0.6 is 0 Å². The molecule has 3 aromatic rings. The Labute approximate surface area is 281 Å². The zero-order chi connectivity index (χ0) is 33.7. The van der Waals surface area contributed by atoms with E-state index in [-0.39, 0.29) is 53.0 Å². The minimum Gasteiger partial charge on any atom is -0.504 e. The van der Waals surface area contributed by atoms with Crippen LogP contribution in [-0.4, -0.2) is 48.6 Å². The van der Waals surface area contributed by atoms with Crippen LogP contribution < -0.4 is 9.47 Å². The molecule has 7 rings (SSSR count). The molecule has 0 unspecified atom stereocenters. The lowest BCUT2D eigenvalue weighted by Gasteiger charge is -2.64. The molecule has 48 heavy (non-hydrogen) atoms. The summed E-state index contributed by atoms with van der Waals surface area (Å²) in [5.74, 6) is 0.438. The van der Waals surface area contributed by atoms with Crippen molar-refractivity contribution in [1.29, 1.82) is 0 Å². The Morgan fingerprint density at radius 3 is 2.21 bits per heavy atom. The fraction of sp³-hybridized carbons (Fsp3) is 0.450. The second-order valence-corrected chi connectivity index (χ2v) is 14.1. The number of rotatable bonds is 6. The normalized spacial score (nSPS) is 30.1. The van der Waals surface area contributed by atoms with Crippen molar-refractivity contribution >= 4 is 18.0 Å². The molecular formula is C40H44O8. The minimum atomic E-state index is -0.529. The van der Waals surface area contributed by atoms with Gasteiger partial charge in [0.1, 0.15) is 12.2 Å². The SMILES string of the molecule is COc1cc2c(cc1O)[C@@H]1CC[C@@H]3Cc4cc(O)c(OC)cc4[C@H]4C[C@H](OC(C)=O)C[C@@H](OC(C)=O)[C@@H](C2)[C@]1(/C=C\c1ccccc1)[C@H]34. The van der Waals surface area contributed by atoms with Gasteiger partial charge in [-0.2, -0.15) is 0 Å². The number of hydrogen-bond donors (Lipinski definition) is 2. The van der Waals surface area contributed by atoms with Crippen LogP contribution in [0.15, 0.2) is 60.7 Å². The van der Waals surface area contributed by atoms with E-state index in [2.05, 4.69) is 24.3 Å². The maximum Gasteiger partial charge on any atom is 0.302 e. The number of methoxy groups -OCH3 is 2. The highest BCUT2D eigenvalue weighted by molar-refractivity contribution is 5.67. The van der Waals surface area contributed by atoms with E-state index in [1.165, 1.54) is 13.8 Å². The van der Waals surface area contributed by atoms with Gasteiger partial charge < -0.3 is 29.2 Å². The number of fused-ring (bicyclic) bond motifs is 4. The van der Waals surface area contributed by atoms with Crippen molar-refractivity contribution in [1.82, 2.24) is 0 Å². The van der Waals surface area contributed by atoms with Crippen LogP contribution in [0.2, 0.25) is 0 Å². The van der Waals surface area contributed by atoms with Crippen molar-refractivity contribution in [3.05, 3.63) is 88.5 Å². The Bertz CT molecular complexity index is 1750. The number of ether oxygens (including phenoxy) is 4. The fourth-order valence-corrected chi connectivity index (χ4v) is 10.1. The standard InChI is InChI=1S/C40H44O8/c1-22(41)47-28-18-31-29-21-38(46-4)34(43)16-26(29)14-25-10-11-32-30-20-35(44)37(45-3)17-27(30)15-33(36(19-28)48-23(2)42)40(32,39(25)31)13-12-24-8-6-5-7-9-24/h5-9,12-13,16-17,20-21,25,28,31-33,36,39,43-44H,10-11,14-15,18-19H2,1-4H3/b13-12-/t25-,28+,31-,32+,33-,36-,39-,40-/m1/s1. The molecule has 0 radical (unpaired) electrons. The van der Waals surface area contributed by atoms with Gasteiger partial charge in [0.05, 0.1) is 14.2 Å². The number of phenolic OH excluding ortho intramolecular Hbond substituents is 2. The second-order valence-electron chi connectivity index (χ2n) is 14.1. The van der Waals surface area contributed by atoms with Crippen molar-refractivity contribution in [3.8, 4) is 23.0 Å². The third-order valence-corrected chi connectivity index (χ3v) is 11.6. The lowest BCUT2D eigenvalue weighted by molar-refractivity contribution is -0.169. The molecule has 0 bridgehead atoms. The Morgan fingerprint density at radius 2 is 1.50 bits per heavy atom. The molecule has 0 spiro atoms. The summed E-state index contributed by atoms with van der Waals surface area (Å²) in [4.78, 5) is 25.4. The number of hydrogen-bond acceptors (Lipinski definition) is 8. The second kappa shape index (κ2) is 12.5. The molecule has 2 saturated carbocycles. The van der Waals surface area contributed by atoms with Gasteiger partial charge in [-0.05, 0) is 108 Å². The van der Waals surface area contributed by atoms with Gasteiger partial charge in [0.2, 0.25) is 0 Å². The third-order valence-electron chi connectivity index (χ3n) is 11.6. The van der Waals surface area contributed by atoms with Gasteiger partial charge in [0, 0.05) is 31.6 Å². The maximum atomic E-state index is 12.9. The highest BCUT2D eigenvalue weighted by Crippen LogP contribution is 2.69. The zero-order valence-electron chi connectivity index (χ0n) is 28.0. The van der Waals surface area contributed by atoms with Crippen molar-refractivity contribution < 1.29 is 38.7 Å². The number of benzene rings is 3. The predicted molar refractivity (Wildman–Crippen MR) is 180 cm³/mol. The summed E-state index contributed by atoms with van der Waals surface area (Å²) in [5, 5.41) is 22.0. The van der Waals surface area contributed by atoms with Gasteiger partial charge in [-0.1, -0.05) is 42.5 Å². The van der Waals surface area contributed by atoms with Crippen LogP contribution in [0, 0.1) is 23.2 Å². The molecule has 8 nitrogen and oxygen atoms in total. The average Bonchev–Trinajstić information content (AvgIpc) is 3.05. The van der Waals surface area contributed by atoms with E-state index in [9.17, 15) is 19.8 Å². The van der Waals surface area contributed by atoms with Crippen molar-refractivity contribution in [2.45, 2.75) is 76.4 Å². The monoisotopic (exact) mass is 652 g/mol. The molecule has 8 atom stereocenters. The van der Waals surface area contributed by atoms with E-state index in [0.29, 0.717) is 30.8 Å².